The number of para-hydroxylation sites is 2. The smallest absolute Gasteiger partial charge is 0.256 e. The van der Waals surface area contributed by atoms with Crippen LogP contribution in [0.2, 0.25) is 0 Å². The monoisotopic (exact) mass is 420 g/mol. The number of aromatic amines is 2. The fourth-order valence-electron chi connectivity index (χ4n) is 4.48. The first-order valence-electron chi connectivity index (χ1n) is 10.2. The third kappa shape index (κ3) is 2.56. The van der Waals surface area contributed by atoms with Crippen LogP contribution in [0.25, 0.3) is 21.8 Å². The average molecular weight is 420 g/mol. The first-order chi connectivity index (χ1) is 15.6. The third-order valence-electron chi connectivity index (χ3n) is 5.92. The molecule has 6 rings (SSSR count). The lowest BCUT2D eigenvalue weighted by molar-refractivity contribution is 0.0968. The van der Waals surface area contributed by atoms with Gasteiger partial charge in [-0.15, -0.1) is 0 Å². The fourth-order valence-corrected chi connectivity index (χ4v) is 4.48. The average Bonchev–Trinajstić information content (AvgIpc) is 2.83. The normalized spacial score (nSPS) is 12.9. The van der Waals surface area contributed by atoms with E-state index in [9.17, 15) is 14.4 Å². The topological polar surface area (TPSA) is 92.0 Å². The Morgan fingerprint density at radius 1 is 0.656 bits per heavy atom. The fraction of sp³-hybridized carbons (Fsp3) is 0.0385. The number of hydrogen-bond acceptors (Lipinski definition) is 4. The summed E-state index contributed by atoms with van der Waals surface area (Å²) in [6.45, 7) is 0. The van der Waals surface area contributed by atoms with Gasteiger partial charge in [-0.3, -0.25) is 14.4 Å². The molecule has 32 heavy (non-hydrogen) atoms. The van der Waals surface area contributed by atoms with E-state index in [-0.39, 0.29) is 16.9 Å². The molecule has 6 heteroatoms. The Hall–Kier alpha value is -4.45. The number of carbonyl (C=O) groups is 1. The van der Waals surface area contributed by atoms with E-state index in [0.29, 0.717) is 38.9 Å². The van der Waals surface area contributed by atoms with Crippen molar-refractivity contribution in [1.82, 2.24) is 9.97 Å². The molecule has 0 saturated heterocycles. The highest BCUT2D eigenvalue weighted by Gasteiger charge is 2.39. The third-order valence-corrected chi connectivity index (χ3v) is 5.92. The minimum Gasteiger partial charge on any atom is -0.455 e. The van der Waals surface area contributed by atoms with Crippen molar-refractivity contribution in [3.63, 3.8) is 0 Å². The van der Waals surface area contributed by atoms with E-state index in [0.717, 1.165) is 0 Å². The molecular weight excluding hydrogens is 404 g/mol. The number of ether oxygens (including phenoxy) is 1. The number of carbonyl (C=O) groups excluding carboxylic acids is 1. The number of ketones is 1. The summed E-state index contributed by atoms with van der Waals surface area (Å²) in [6, 6.07) is 23.2. The lowest BCUT2D eigenvalue weighted by Crippen LogP contribution is -2.32. The van der Waals surface area contributed by atoms with Crippen LogP contribution in [0.5, 0.6) is 11.5 Å². The molecule has 0 unspecified atom stereocenters. The van der Waals surface area contributed by atoms with Gasteiger partial charge < -0.3 is 14.7 Å². The van der Waals surface area contributed by atoms with Gasteiger partial charge in [0, 0.05) is 16.3 Å². The maximum absolute atomic E-state index is 13.7. The molecule has 6 nitrogen and oxygen atoms in total. The number of fused-ring (bicyclic) bond motifs is 6. The highest BCUT2D eigenvalue weighted by molar-refractivity contribution is 6.06. The van der Waals surface area contributed by atoms with Crippen LogP contribution in [0.15, 0.2) is 88.5 Å². The van der Waals surface area contributed by atoms with Crippen LogP contribution in [0.1, 0.15) is 27.4 Å². The zero-order valence-electron chi connectivity index (χ0n) is 16.7. The van der Waals surface area contributed by atoms with Gasteiger partial charge >= 0.3 is 0 Å². The molecular formula is C26H16N2O4. The molecule has 2 aromatic heterocycles. The largest absolute Gasteiger partial charge is 0.455 e. The number of H-pyrrole nitrogens is 2. The van der Waals surface area contributed by atoms with E-state index in [4.69, 9.17) is 4.74 Å². The number of hydrogen-bond donors (Lipinski definition) is 2. The quantitative estimate of drug-likeness (QED) is 0.412. The molecule has 3 aromatic carbocycles. The van der Waals surface area contributed by atoms with Crippen molar-refractivity contribution in [2.24, 2.45) is 0 Å². The first kappa shape index (κ1) is 18.3. The molecule has 3 heterocycles. The number of pyridine rings is 2. The summed E-state index contributed by atoms with van der Waals surface area (Å²) in [5, 5.41) is 1.34. The van der Waals surface area contributed by atoms with Crippen LogP contribution in [0.4, 0.5) is 0 Å². The number of Topliss-reactive ketones (excluding diaryl/α,β-unsaturated/α-hetero) is 1. The maximum atomic E-state index is 13.7. The summed E-state index contributed by atoms with van der Waals surface area (Å²) in [7, 11) is 0. The van der Waals surface area contributed by atoms with Crippen LogP contribution >= 0.6 is 0 Å². The van der Waals surface area contributed by atoms with Gasteiger partial charge in [0.1, 0.15) is 11.5 Å². The predicted octanol–water partition coefficient (Wildman–Crippen LogP) is 4.49. The van der Waals surface area contributed by atoms with Gasteiger partial charge in [-0.25, -0.2) is 0 Å². The number of benzene rings is 3. The Morgan fingerprint density at radius 2 is 1.12 bits per heavy atom. The molecule has 0 saturated carbocycles. The molecule has 0 fully saturated rings. The van der Waals surface area contributed by atoms with Crippen LogP contribution < -0.4 is 15.9 Å². The molecule has 154 valence electrons. The zero-order chi connectivity index (χ0) is 21.8. The summed E-state index contributed by atoms with van der Waals surface area (Å²) >= 11 is 0. The first-order valence-corrected chi connectivity index (χ1v) is 10.2. The summed E-state index contributed by atoms with van der Waals surface area (Å²) < 4.78 is 6.29. The second-order valence-electron chi connectivity index (χ2n) is 7.75. The highest BCUT2D eigenvalue weighted by atomic mass is 16.5. The zero-order valence-corrected chi connectivity index (χ0v) is 16.7. The molecule has 0 aliphatic carbocycles. The van der Waals surface area contributed by atoms with Crippen molar-refractivity contribution in [3.8, 4) is 11.5 Å². The van der Waals surface area contributed by atoms with E-state index in [1.807, 2.05) is 42.5 Å². The van der Waals surface area contributed by atoms with Gasteiger partial charge in [0.2, 0.25) is 0 Å². The van der Waals surface area contributed by atoms with Crippen molar-refractivity contribution in [2.45, 2.75) is 5.92 Å². The SMILES string of the molecule is O=C(c1ccccc1)C1c2c(c3ccccc3[nH]c2=O)Oc2c1c(=O)[nH]c1ccccc21. The predicted molar refractivity (Wildman–Crippen MR) is 122 cm³/mol. The Kier molecular flexibility index (Phi) is 3.89. The number of rotatable bonds is 2. The summed E-state index contributed by atoms with van der Waals surface area (Å²) in [4.78, 5) is 45.8. The van der Waals surface area contributed by atoms with Crippen LogP contribution in [-0.2, 0) is 0 Å². The molecule has 0 radical (unpaired) electrons. The lowest BCUT2D eigenvalue weighted by atomic mass is 9.82. The van der Waals surface area contributed by atoms with E-state index < -0.39 is 17.0 Å². The van der Waals surface area contributed by atoms with Crippen LogP contribution in [0.3, 0.4) is 0 Å². The molecule has 0 spiro atoms. The van der Waals surface area contributed by atoms with Gasteiger partial charge in [0.05, 0.1) is 28.1 Å². The van der Waals surface area contributed by atoms with Crippen molar-refractivity contribution >= 4 is 27.6 Å². The number of nitrogens with one attached hydrogen (secondary N) is 2. The van der Waals surface area contributed by atoms with Gasteiger partial charge in [-0.05, 0) is 24.3 Å². The minimum absolute atomic E-state index is 0.144. The Bertz CT molecular complexity index is 1570. The van der Waals surface area contributed by atoms with Crippen molar-refractivity contribution in [2.75, 3.05) is 0 Å². The summed E-state index contributed by atoms with van der Waals surface area (Å²) in [6.07, 6.45) is 0. The van der Waals surface area contributed by atoms with E-state index in [1.54, 1.807) is 36.4 Å². The molecule has 5 aromatic rings. The minimum atomic E-state index is -1.10. The summed E-state index contributed by atoms with van der Waals surface area (Å²) in [5.74, 6) is -0.820. The van der Waals surface area contributed by atoms with Gasteiger partial charge in [0.25, 0.3) is 11.1 Å². The second kappa shape index (κ2) is 6.78. The Labute approximate surface area is 181 Å². The Morgan fingerprint density at radius 3 is 1.66 bits per heavy atom. The van der Waals surface area contributed by atoms with Crippen molar-refractivity contribution < 1.29 is 9.53 Å². The molecule has 1 aliphatic rings. The highest BCUT2D eigenvalue weighted by Crippen LogP contribution is 2.47. The molecule has 2 N–H and O–H groups in total. The van der Waals surface area contributed by atoms with E-state index in [1.165, 1.54) is 0 Å². The van der Waals surface area contributed by atoms with Crippen LogP contribution in [0, 0.1) is 0 Å². The number of aromatic nitrogens is 2. The van der Waals surface area contributed by atoms with E-state index in [2.05, 4.69) is 9.97 Å². The van der Waals surface area contributed by atoms with Crippen molar-refractivity contribution in [3.05, 3.63) is 116 Å². The van der Waals surface area contributed by atoms with E-state index >= 15 is 0 Å². The van der Waals surface area contributed by atoms with Crippen molar-refractivity contribution in [1.29, 1.82) is 0 Å². The summed E-state index contributed by atoms with van der Waals surface area (Å²) in [5.41, 5.74) is 0.991. The second-order valence-corrected chi connectivity index (χ2v) is 7.75. The Balaban J connectivity index is 1.76. The molecule has 0 atom stereocenters. The lowest BCUT2D eigenvalue weighted by Gasteiger charge is -2.27. The molecule has 0 bridgehead atoms. The van der Waals surface area contributed by atoms with Gasteiger partial charge in [-0.1, -0.05) is 54.6 Å². The van der Waals surface area contributed by atoms with Gasteiger partial charge in [-0.2, -0.15) is 0 Å². The standard InChI is InChI=1S/C26H16N2O4/c29-22(14-8-2-1-3-9-14)19-20-23(15-10-4-6-12-17(15)27-25(20)30)32-24-16-11-5-7-13-18(16)28-26(31)21(19)24/h1-13,19H,(H,27,30)(H,28,31). The molecule has 0 amide bonds. The van der Waals surface area contributed by atoms with Gasteiger partial charge in [0.15, 0.2) is 5.78 Å². The van der Waals surface area contributed by atoms with Crippen LogP contribution in [-0.4, -0.2) is 15.8 Å². The maximum Gasteiger partial charge on any atom is 0.256 e. The molecule has 1 aliphatic heterocycles.